The lowest BCUT2D eigenvalue weighted by molar-refractivity contribution is -0.136. The van der Waals surface area contributed by atoms with Gasteiger partial charge in [0, 0.05) is 5.38 Å². The second kappa shape index (κ2) is 4.58. The first kappa shape index (κ1) is 11.0. The SMILES string of the molecule is Cc1csc(NC(=O)C2COCC(=O)N2)n1. The normalized spacial score (nSPS) is 20.3. The Hall–Kier alpha value is -1.47. The number of carbonyl (C=O) groups is 2. The van der Waals surface area contributed by atoms with Gasteiger partial charge in [0.1, 0.15) is 12.6 Å². The van der Waals surface area contributed by atoms with E-state index in [1.807, 2.05) is 12.3 Å². The molecular formula is C9H11N3O3S. The highest BCUT2D eigenvalue weighted by Gasteiger charge is 2.25. The molecule has 1 aromatic rings. The van der Waals surface area contributed by atoms with Crippen molar-refractivity contribution < 1.29 is 14.3 Å². The summed E-state index contributed by atoms with van der Waals surface area (Å²) in [5.74, 6) is -0.580. The van der Waals surface area contributed by atoms with Crippen molar-refractivity contribution in [2.24, 2.45) is 0 Å². The Labute approximate surface area is 96.0 Å². The van der Waals surface area contributed by atoms with Crippen LogP contribution in [0.5, 0.6) is 0 Å². The monoisotopic (exact) mass is 241 g/mol. The van der Waals surface area contributed by atoms with Crippen molar-refractivity contribution in [3.05, 3.63) is 11.1 Å². The Kier molecular flexibility index (Phi) is 3.16. The minimum Gasteiger partial charge on any atom is -0.369 e. The highest BCUT2D eigenvalue weighted by atomic mass is 32.1. The van der Waals surface area contributed by atoms with E-state index in [2.05, 4.69) is 15.6 Å². The number of amides is 2. The van der Waals surface area contributed by atoms with Crippen LogP contribution in [0.3, 0.4) is 0 Å². The molecule has 2 heterocycles. The lowest BCUT2D eigenvalue weighted by atomic mass is 10.2. The molecule has 1 aromatic heterocycles. The van der Waals surface area contributed by atoms with E-state index >= 15 is 0 Å². The quantitative estimate of drug-likeness (QED) is 0.758. The van der Waals surface area contributed by atoms with Crippen LogP contribution in [0.1, 0.15) is 5.69 Å². The number of anilines is 1. The third-order valence-corrected chi connectivity index (χ3v) is 2.89. The summed E-state index contributed by atoms with van der Waals surface area (Å²) in [5, 5.41) is 7.54. The molecule has 0 aliphatic carbocycles. The summed E-state index contributed by atoms with van der Waals surface area (Å²) in [5.41, 5.74) is 0.851. The summed E-state index contributed by atoms with van der Waals surface area (Å²) in [6.07, 6.45) is 0. The van der Waals surface area contributed by atoms with E-state index < -0.39 is 6.04 Å². The van der Waals surface area contributed by atoms with Gasteiger partial charge in [0.25, 0.3) is 5.91 Å². The molecule has 2 amide bonds. The van der Waals surface area contributed by atoms with Gasteiger partial charge in [-0.15, -0.1) is 11.3 Å². The molecule has 1 unspecified atom stereocenters. The minimum absolute atomic E-state index is 0.0140. The van der Waals surface area contributed by atoms with Gasteiger partial charge in [-0.1, -0.05) is 0 Å². The molecule has 0 aromatic carbocycles. The molecule has 2 N–H and O–H groups in total. The predicted octanol–water partition coefficient (Wildman–Crippen LogP) is -0.0950. The highest BCUT2D eigenvalue weighted by Crippen LogP contribution is 2.14. The number of aryl methyl sites for hydroxylation is 1. The average molecular weight is 241 g/mol. The van der Waals surface area contributed by atoms with Crippen molar-refractivity contribution in [2.75, 3.05) is 18.5 Å². The van der Waals surface area contributed by atoms with Gasteiger partial charge >= 0.3 is 0 Å². The molecule has 0 radical (unpaired) electrons. The molecule has 0 bridgehead atoms. The first-order valence-corrected chi connectivity index (χ1v) is 5.63. The molecule has 1 aliphatic rings. The number of morpholine rings is 1. The third-order valence-electron chi connectivity index (χ3n) is 2.02. The molecule has 86 valence electrons. The van der Waals surface area contributed by atoms with Crippen LogP contribution in [0.2, 0.25) is 0 Å². The second-order valence-corrected chi connectivity index (χ2v) is 4.28. The summed E-state index contributed by atoms with van der Waals surface area (Å²) in [6.45, 7) is 2.06. The van der Waals surface area contributed by atoms with Gasteiger partial charge < -0.3 is 15.4 Å². The van der Waals surface area contributed by atoms with Crippen molar-refractivity contribution in [1.29, 1.82) is 0 Å². The van der Waals surface area contributed by atoms with Crippen LogP contribution in [0.15, 0.2) is 5.38 Å². The minimum atomic E-state index is -0.634. The maximum Gasteiger partial charge on any atom is 0.251 e. The molecular weight excluding hydrogens is 230 g/mol. The maximum atomic E-state index is 11.7. The number of thiazole rings is 1. The first-order chi connectivity index (χ1) is 7.65. The van der Waals surface area contributed by atoms with Crippen molar-refractivity contribution >= 4 is 28.3 Å². The largest absolute Gasteiger partial charge is 0.369 e. The fraction of sp³-hybridized carbons (Fsp3) is 0.444. The van der Waals surface area contributed by atoms with E-state index in [4.69, 9.17) is 4.74 Å². The fourth-order valence-electron chi connectivity index (χ4n) is 1.29. The Bertz CT molecular complexity index is 418. The Morgan fingerprint density at radius 1 is 1.75 bits per heavy atom. The average Bonchev–Trinajstić information content (AvgIpc) is 2.64. The van der Waals surface area contributed by atoms with Crippen molar-refractivity contribution in [3.63, 3.8) is 0 Å². The summed E-state index contributed by atoms with van der Waals surface area (Å²) in [6, 6.07) is -0.634. The van der Waals surface area contributed by atoms with Crippen molar-refractivity contribution in [2.45, 2.75) is 13.0 Å². The number of rotatable bonds is 2. The third kappa shape index (κ3) is 2.56. The number of carbonyl (C=O) groups excluding carboxylic acids is 2. The van der Waals surface area contributed by atoms with Crippen molar-refractivity contribution in [3.8, 4) is 0 Å². The van der Waals surface area contributed by atoms with Crippen LogP contribution in [-0.2, 0) is 14.3 Å². The molecule has 16 heavy (non-hydrogen) atoms. The Morgan fingerprint density at radius 3 is 3.19 bits per heavy atom. The van der Waals surface area contributed by atoms with Gasteiger partial charge in [-0.25, -0.2) is 4.98 Å². The van der Waals surface area contributed by atoms with Gasteiger partial charge in [0.05, 0.1) is 12.3 Å². The number of nitrogens with zero attached hydrogens (tertiary/aromatic N) is 1. The molecule has 1 fully saturated rings. The number of aromatic nitrogens is 1. The van der Waals surface area contributed by atoms with Gasteiger partial charge in [-0.3, -0.25) is 9.59 Å². The fourth-order valence-corrected chi connectivity index (χ4v) is 1.98. The molecule has 2 rings (SSSR count). The first-order valence-electron chi connectivity index (χ1n) is 4.75. The number of hydrogen-bond donors (Lipinski definition) is 2. The van der Waals surface area contributed by atoms with Gasteiger partial charge in [0.15, 0.2) is 5.13 Å². The van der Waals surface area contributed by atoms with Crippen LogP contribution in [0.25, 0.3) is 0 Å². The van der Waals surface area contributed by atoms with Crippen LogP contribution >= 0.6 is 11.3 Å². The van der Waals surface area contributed by atoms with E-state index in [0.717, 1.165) is 5.69 Å². The lowest BCUT2D eigenvalue weighted by Crippen LogP contribution is -2.51. The van der Waals surface area contributed by atoms with Gasteiger partial charge in [-0.2, -0.15) is 0 Å². The van der Waals surface area contributed by atoms with E-state index in [0.29, 0.717) is 5.13 Å². The summed E-state index contributed by atoms with van der Waals surface area (Å²) in [7, 11) is 0. The smallest absolute Gasteiger partial charge is 0.251 e. The maximum absolute atomic E-state index is 11.7. The number of hydrogen-bond acceptors (Lipinski definition) is 5. The topological polar surface area (TPSA) is 80.3 Å². The van der Waals surface area contributed by atoms with Gasteiger partial charge in [0.2, 0.25) is 5.91 Å². The Morgan fingerprint density at radius 2 is 2.56 bits per heavy atom. The zero-order valence-electron chi connectivity index (χ0n) is 8.65. The number of nitrogens with one attached hydrogen (secondary N) is 2. The molecule has 0 saturated carbocycles. The molecule has 1 saturated heterocycles. The van der Waals surface area contributed by atoms with Crippen LogP contribution in [0, 0.1) is 6.92 Å². The van der Waals surface area contributed by atoms with Crippen LogP contribution < -0.4 is 10.6 Å². The van der Waals surface area contributed by atoms with E-state index in [9.17, 15) is 9.59 Å². The van der Waals surface area contributed by atoms with Crippen molar-refractivity contribution in [1.82, 2.24) is 10.3 Å². The lowest BCUT2D eigenvalue weighted by Gasteiger charge is -2.21. The summed E-state index contributed by atoms with van der Waals surface area (Å²) >= 11 is 1.35. The van der Waals surface area contributed by atoms with Crippen LogP contribution in [-0.4, -0.2) is 36.1 Å². The molecule has 0 spiro atoms. The highest BCUT2D eigenvalue weighted by molar-refractivity contribution is 7.13. The predicted molar refractivity (Wildman–Crippen MR) is 58.2 cm³/mol. The zero-order chi connectivity index (χ0) is 11.5. The summed E-state index contributed by atoms with van der Waals surface area (Å²) < 4.78 is 4.97. The van der Waals surface area contributed by atoms with E-state index in [1.54, 1.807) is 0 Å². The van der Waals surface area contributed by atoms with E-state index in [1.165, 1.54) is 11.3 Å². The zero-order valence-corrected chi connectivity index (χ0v) is 9.47. The molecule has 1 aliphatic heterocycles. The second-order valence-electron chi connectivity index (χ2n) is 3.42. The Balaban J connectivity index is 1.94. The van der Waals surface area contributed by atoms with Crippen LogP contribution in [0.4, 0.5) is 5.13 Å². The standard InChI is InChI=1S/C9H11N3O3S/c1-5-4-16-9(10-5)12-8(14)6-2-15-3-7(13)11-6/h4,6H,2-3H2,1H3,(H,11,13)(H,10,12,14). The molecule has 6 nitrogen and oxygen atoms in total. The molecule has 1 atom stereocenters. The number of ether oxygens (including phenoxy) is 1. The van der Waals surface area contributed by atoms with E-state index in [-0.39, 0.29) is 25.0 Å². The van der Waals surface area contributed by atoms with Gasteiger partial charge in [-0.05, 0) is 6.92 Å². The summed E-state index contributed by atoms with van der Waals surface area (Å²) in [4.78, 5) is 26.8. The molecule has 7 heteroatoms.